The van der Waals surface area contributed by atoms with Crippen molar-refractivity contribution in [3.63, 3.8) is 0 Å². The van der Waals surface area contributed by atoms with Gasteiger partial charge in [0, 0.05) is 117 Å². The Morgan fingerprint density at radius 1 is 0.872 bits per heavy atom. The number of H-pyrrole nitrogens is 1. The summed E-state index contributed by atoms with van der Waals surface area (Å²) >= 11 is 8.08. The first kappa shape index (κ1) is 63.8. The number of hydrogen-bond donors (Lipinski definition) is 6. The van der Waals surface area contributed by atoms with Crippen molar-refractivity contribution >= 4 is 109 Å². The van der Waals surface area contributed by atoms with Gasteiger partial charge in [0.2, 0.25) is 17.7 Å². The van der Waals surface area contributed by atoms with Crippen LogP contribution in [0.1, 0.15) is 98.3 Å². The molecule has 0 aliphatic carbocycles. The Morgan fingerprint density at radius 2 is 1.59 bits per heavy atom. The number of hydrogen-bond acceptors (Lipinski definition) is 14. The molecule has 0 radical (unpaired) electrons. The van der Waals surface area contributed by atoms with Gasteiger partial charge >= 0.3 is 18.2 Å². The number of alkyl halides is 1. The topological polar surface area (TPSA) is 287 Å². The number of nitrogens with zero attached hydrogens (tertiary/aromatic N) is 5. The van der Waals surface area contributed by atoms with E-state index in [1.54, 1.807) is 49.3 Å². The number of carbonyl (C=O) groups excluding carboxylic acids is 9. The molecule has 3 aromatic carbocycles. The number of amides is 10. The predicted molar refractivity (Wildman–Crippen MR) is 328 cm³/mol. The number of unbranched alkanes of at least 4 members (excludes halogenated alkanes) is 2. The number of nitrogens with two attached hydrogens (primary N) is 1. The smallest absolute Gasteiger partial charge is 0.415 e. The minimum Gasteiger partial charge on any atom is -0.492 e. The highest BCUT2D eigenvalue weighted by atomic mass is 35.5. The molecule has 1 saturated heterocycles. The van der Waals surface area contributed by atoms with Crippen LogP contribution in [0.25, 0.3) is 21.0 Å². The van der Waals surface area contributed by atoms with Crippen LogP contribution < -0.4 is 41.4 Å². The number of imide groups is 1. The van der Waals surface area contributed by atoms with Gasteiger partial charge in [-0.2, -0.15) is 0 Å². The first-order valence-electron chi connectivity index (χ1n) is 28.9. The third kappa shape index (κ3) is 16.8. The highest BCUT2D eigenvalue weighted by molar-refractivity contribution is 7.17. The zero-order valence-electron chi connectivity index (χ0n) is 49.2. The number of likely N-dealkylation sites (tertiary alicyclic amines) is 1. The third-order valence-corrected chi connectivity index (χ3v) is 16.7. The average Bonchev–Trinajstić information content (AvgIpc) is 2.07. The van der Waals surface area contributed by atoms with Crippen LogP contribution in [-0.4, -0.2) is 170 Å². The number of urea groups is 1. The summed E-state index contributed by atoms with van der Waals surface area (Å²) in [5, 5.41) is 14.2. The van der Waals surface area contributed by atoms with Gasteiger partial charge in [-0.15, -0.1) is 22.9 Å². The lowest BCUT2D eigenvalue weighted by molar-refractivity contribution is -0.137. The predicted octanol–water partition coefficient (Wildman–Crippen LogP) is 7.35. The van der Waals surface area contributed by atoms with Crippen molar-refractivity contribution in [1.82, 2.24) is 40.5 Å². The fraction of sp³-hybridized carbons (Fsp3) is 0.459. The summed E-state index contributed by atoms with van der Waals surface area (Å²) in [6.45, 7) is 10.1. The Kier molecular flexibility index (Phi) is 21.7. The number of carbonyl (C=O) groups is 9. The standard InChI is InChI=1S/C61H76ClN11O12S/c1-38-35-86-55-48(30-47-54(53(38)55)41(31-62)33-73(47)57(79)46-29-40-28-43(18-19-44(40)67-46)83-27-26-71-23-9-10-24-71)85-60(82)70(5)37-61(2,3)36-69(4)59(81)84-34-39-14-16-42(17-15-39)66-56(78)45(12-11-22-64-58(63)80)68-50(75)32-65-49(74)13-7-6-8-25-72-51(76)20-21-52(72)77/h14-21,28-30,35,41,45,67H,6-13,22-27,31-34,36-37H2,1-5H3,(H,65,74)(H,66,78)(H,68,75)(H3,63,64,80)/t41-,45-/m0/s1. The van der Waals surface area contributed by atoms with E-state index < -0.39 is 41.5 Å². The van der Waals surface area contributed by atoms with Crippen LogP contribution in [0.5, 0.6) is 11.5 Å². The molecule has 3 aliphatic rings. The number of aromatic amines is 1. The first-order valence-corrected chi connectivity index (χ1v) is 30.3. The lowest BCUT2D eigenvalue weighted by Crippen LogP contribution is -2.47. The second kappa shape index (κ2) is 29.2. The third-order valence-electron chi connectivity index (χ3n) is 15.2. The zero-order valence-corrected chi connectivity index (χ0v) is 50.8. The van der Waals surface area contributed by atoms with E-state index in [9.17, 15) is 43.2 Å². The summed E-state index contributed by atoms with van der Waals surface area (Å²) in [4.78, 5) is 127. The van der Waals surface area contributed by atoms with Crippen molar-refractivity contribution in [3.05, 3.63) is 94.5 Å². The van der Waals surface area contributed by atoms with Crippen LogP contribution in [0.15, 0.2) is 72.1 Å². The van der Waals surface area contributed by atoms with Crippen LogP contribution in [-0.2, 0) is 35.3 Å². The fourth-order valence-electron chi connectivity index (χ4n) is 11.0. The summed E-state index contributed by atoms with van der Waals surface area (Å²) in [6.07, 6.45) is 5.75. The molecule has 7 N–H and O–H groups in total. The molecule has 86 heavy (non-hydrogen) atoms. The van der Waals surface area contributed by atoms with Crippen molar-refractivity contribution in [1.29, 1.82) is 0 Å². The monoisotopic (exact) mass is 1220 g/mol. The first-order chi connectivity index (χ1) is 41.2. The quantitative estimate of drug-likeness (QED) is 0.0162. The van der Waals surface area contributed by atoms with Gasteiger partial charge in [0.05, 0.1) is 16.9 Å². The molecular weight excluding hydrogens is 1150 g/mol. The molecule has 460 valence electrons. The maximum absolute atomic E-state index is 14.5. The van der Waals surface area contributed by atoms with Crippen LogP contribution in [0, 0.1) is 12.3 Å². The Hall–Kier alpha value is -8.22. The molecule has 5 heterocycles. The Bertz CT molecular complexity index is 3340. The molecule has 5 aromatic rings. The van der Waals surface area contributed by atoms with Crippen LogP contribution in [0.3, 0.4) is 0 Å². The van der Waals surface area contributed by atoms with E-state index >= 15 is 0 Å². The van der Waals surface area contributed by atoms with Crippen molar-refractivity contribution < 1.29 is 57.4 Å². The lowest BCUT2D eigenvalue weighted by atomic mass is 9.92. The number of fused-ring (bicyclic) bond motifs is 4. The molecule has 2 aromatic heterocycles. The van der Waals surface area contributed by atoms with Crippen molar-refractivity contribution in [2.45, 2.75) is 90.7 Å². The van der Waals surface area contributed by atoms with E-state index in [2.05, 4.69) is 31.2 Å². The SMILES string of the molecule is Cc1csc2c(OC(=O)N(C)CC(C)(C)CN(C)C(=O)OCc3ccc(NC(=O)[C@H](CCCNC(N)=O)NC(=O)CNC(=O)CCCCCN4C(=O)C=CC4=O)cc3)cc3c(c12)[C@@H](CCl)CN3C(=O)c1cc2cc(OCCN3CCCC3)ccc2[nH]1. The van der Waals surface area contributed by atoms with E-state index in [1.807, 2.05) is 50.4 Å². The van der Waals surface area contributed by atoms with Crippen molar-refractivity contribution in [2.24, 2.45) is 11.1 Å². The largest absolute Gasteiger partial charge is 0.492 e. The summed E-state index contributed by atoms with van der Waals surface area (Å²) < 4.78 is 18.7. The number of anilines is 2. The number of thiophene rings is 1. The van der Waals surface area contributed by atoms with Crippen LogP contribution in [0.2, 0.25) is 0 Å². The van der Waals surface area contributed by atoms with Crippen LogP contribution >= 0.6 is 22.9 Å². The zero-order chi connectivity index (χ0) is 61.7. The van der Waals surface area contributed by atoms with Crippen molar-refractivity contribution in [3.8, 4) is 11.5 Å². The van der Waals surface area contributed by atoms with Gasteiger partial charge in [-0.1, -0.05) is 32.4 Å². The number of ether oxygens (including phenoxy) is 3. The molecule has 3 aliphatic heterocycles. The highest BCUT2D eigenvalue weighted by Crippen LogP contribution is 2.49. The summed E-state index contributed by atoms with van der Waals surface area (Å²) in [7, 11) is 3.22. The van der Waals surface area contributed by atoms with Crippen molar-refractivity contribution in [2.75, 3.05) is 95.7 Å². The molecule has 0 bridgehead atoms. The Labute approximate surface area is 508 Å². The van der Waals surface area contributed by atoms with E-state index in [0.717, 1.165) is 62.4 Å². The van der Waals surface area contributed by atoms with E-state index in [-0.39, 0.29) is 94.0 Å². The van der Waals surface area contributed by atoms with Gasteiger partial charge < -0.3 is 60.9 Å². The summed E-state index contributed by atoms with van der Waals surface area (Å²) in [5.41, 5.74) is 9.30. The van der Waals surface area contributed by atoms with Gasteiger partial charge in [-0.05, 0) is 117 Å². The van der Waals surface area contributed by atoms with E-state index in [1.165, 1.54) is 46.1 Å². The van der Waals surface area contributed by atoms with Crippen LogP contribution in [0.4, 0.5) is 25.8 Å². The summed E-state index contributed by atoms with van der Waals surface area (Å²) in [6, 6.07) is 14.1. The second-order valence-electron chi connectivity index (χ2n) is 22.8. The molecule has 10 amide bonds. The molecule has 0 unspecified atom stereocenters. The molecular formula is C61H76ClN11O12S. The van der Waals surface area contributed by atoms with Gasteiger partial charge in [0.1, 0.15) is 30.7 Å². The fourth-order valence-corrected chi connectivity index (χ4v) is 12.3. The minimum absolute atomic E-state index is 0.0943. The molecule has 0 saturated carbocycles. The van der Waals surface area contributed by atoms with Gasteiger partial charge in [-0.3, -0.25) is 38.6 Å². The Balaban J connectivity index is 0.803. The highest BCUT2D eigenvalue weighted by Gasteiger charge is 2.38. The van der Waals surface area contributed by atoms with Gasteiger partial charge in [-0.25, -0.2) is 14.4 Å². The maximum atomic E-state index is 14.5. The normalized spacial score (nSPS) is 15.2. The number of primary amides is 1. The summed E-state index contributed by atoms with van der Waals surface area (Å²) in [5.74, 6) is -1.35. The number of nitrogens with one attached hydrogen (secondary N) is 5. The van der Waals surface area contributed by atoms with E-state index in [4.69, 9.17) is 31.5 Å². The number of benzene rings is 3. The molecule has 25 heteroatoms. The second-order valence-corrected chi connectivity index (χ2v) is 24.0. The number of aromatic nitrogens is 1. The van der Waals surface area contributed by atoms with Gasteiger partial charge in [0.25, 0.3) is 17.7 Å². The molecule has 8 rings (SSSR count). The molecule has 2 atom stereocenters. The number of aryl methyl sites for hydroxylation is 1. The average molecular weight is 1220 g/mol. The van der Waals surface area contributed by atoms with E-state index in [0.29, 0.717) is 60.8 Å². The van der Waals surface area contributed by atoms with Gasteiger partial charge in [0.15, 0.2) is 5.75 Å². The molecule has 23 nitrogen and oxygen atoms in total. The molecule has 1 fully saturated rings. The maximum Gasteiger partial charge on any atom is 0.415 e. The number of halogens is 1. The molecule has 0 spiro atoms. The lowest BCUT2D eigenvalue weighted by Gasteiger charge is -2.33. The minimum atomic E-state index is -1.05. The Morgan fingerprint density at radius 3 is 2.30 bits per heavy atom. The number of rotatable bonds is 28.